The number of rotatable bonds is 7. The van der Waals surface area contributed by atoms with E-state index >= 15 is 0 Å². The van der Waals surface area contributed by atoms with Crippen LogP contribution in [0.2, 0.25) is 0 Å². The Bertz CT molecular complexity index is 856. The monoisotopic (exact) mass is 365 g/mol. The molecule has 0 unspecified atom stereocenters. The summed E-state index contributed by atoms with van der Waals surface area (Å²) in [5, 5.41) is 2.89. The van der Waals surface area contributed by atoms with Gasteiger partial charge in [0, 0.05) is 23.7 Å². The van der Waals surface area contributed by atoms with E-state index in [4.69, 9.17) is 9.73 Å². The van der Waals surface area contributed by atoms with Crippen LogP contribution in [0.1, 0.15) is 57.2 Å². The second-order valence-corrected chi connectivity index (χ2v) is 7.56. The number of pyridine rings is 1. The summed E-state index contributed by atoms with van der Waals surface area (Å²) in [6.07, 6.45) is 3.20. The zero-order chi connectivity index (χ0) is 19.4. The van der Waals surface area contributed by atoms with Gasteiger partial charge in [0.1, 0.15) is 11.6 Å². The zero-order valence-corrected chi connectivity index (χ0v) is 16.5. The fraction of sp³-hybridized carbons (Fsp3) is 0.409. The third-order valence-corrected chi connectivity index (χ3v) is 4.37. The lowest BCUT2D eigenvalue weighted by Gasteiger charge is -2.12. The molecule has 1 amide bonds. The molecule has 1 N–H and O–H groups in total. The van der Waals surface area contributed by atoms with Crippen molar-refractivity contribution >= 4 is 17.4 Å². The standard InChI is InChI=1S/C22H27N3O2/c1-14(2)5-8-21(26)25-20-11-16(9-10-23-20)22-19-12-18(27-15(3)4)7-6-17(19)13-24-22/h6-7,9-12,14-15H,5,8,13H2,1-4H3,(H,23,25,26). The third-order valence-electron chi connectivity index (χ3n) is 4.37. The van der Waals surface area contributed by atoms with Gasteiger partial charge in [0.15, 0.2) is 0 Å². The number of nitrogens with zero attached hydrogens (tertiary/aromatic N) is 2. The maximum Gasteiger partial charge on any atom is 0.225 e. The van der Waals surface area contributed by atoms with Crippen molar-refractivity contribution in [2.24, 2.45) is 10.9 Å². The normalized spacial score (nSPS) is 12.9. The van der Waals surface area contributed by atoms with Gasteiger partial charge in [-0.1, -0.05) is 19.9 Å². The largest absolute Gasteiger partial charge is 0.491 e. The topological polar surface area (TPSA) is 63.6 Å². The summed E-state index contributed by atoms with van der Waals surface area (Å²) in [5.74, 6) is 1.90. The van der Waals surface area contributed by atoms with Crippen LogP contribution in [0.5, 0.6) is 5.75 Å². The molecule has 0 spiro atoms. The summed E-state index contributed by atoms with van der Waals surface area (Å²) in [5.41, 5.74) is 4.13. The van der Waals surface area contributed by atoms with Crippen LogP contribution in [0.3, 0.4) is 0 Å². The predicted molar refractivity (Wildman–Crippen MR) is 108 cm³/mol. The molecule has 5 heteroatoms. The van der Waals surface area contributed by atoms with E-state index in [1.54, 1.807) is 6.20 Å². The SMILES string of the molecule is CC(C)CCC(=O)Nc1cc(C2=NCc3ccc(OC(C)C)cc32)ccn1. The Balaban J connectivity index is 1.78. The van der Waals surface area contributed by atoms with Crippen molar-refractivity contribution in [1.29, 1.82) is 0 Å². The Morgan fingerprint density at radius 2 is 2.00 bits per heavy atom. The first-order valence-corrected chi connectivity index (χ1v) is 9.53. The molecule has 1 aliphatic heterocycles. The fourth-order valence-electron chi connectivity index (χ4n) is 3.03. The minimum atomic E-state index is -0.00488. The lowest BCUT2D eigenvalue weighted by Crippen LogP contribution is -2.14. The van der Waals surface area contributed by atoms with Gasteiger partial charge in [-0.05, 0) is 56.0 Å². The molecule has 0 radical (unpaired) electrons. The Morgan fingerprint density at radius 3 is 2.74 bits per heavy atom. The highest BCUT2D eigenvalue weighted by molar-refractivity contribution is 6.15. The van der Waals surface area contributed by atoms with E-state index in [9.17, 15) is 4.79 Å². The number of aliphatic imine (C=N–C) groups is 1. The Kier molecular flexibility index (Phi) is 5.89. The quantitative estimate of drug-likeness (QED) is 0.780. The number of carbonyl (C=O) groups excluding carboxylic acids is 1. The molecule has 1 aliphatic rings. The number of amides is 1. The Hall–Kier alpha value is -2.69. The fourth-order valence-corrected chi connectivity index (χ4v) is 3.03. The molecule has 0 aliphatic carbocycles. The maximum absolute atomic E-state index is 12.1. The molecule has 142 valence electrons. The highest BCUT2D eigenvalue weighted by Crippen LogP contribution is 2.28. The molecule has 2 heterocycles. The number of hydrogen-bond acceptors (Lipinski definition) is 4. The molecule has 1 aromatic heterocycles. The van der Waals surface area contributed by atoms with Gasteiger partial charge >= 0.3 is 0 Å². The summed E-state index contributed by atoms with van der Waals surface area (Å²) >= 11 is 0. The van der Waals surface area contributed by atoms with E-state index in [1.165, 1.54) is 5.56 Å². The van der Waals surface area contributed by atoms with Gasteiger partial charge in [-0.15, -0.1) is 0 Å². The minimum Gasteiger partial charge on any atom is -0.491 e. The number of aromatic nitrogens is 1. The van der Waals surface area contributed by atoms with Crippen molar-refractivity contribution < 1.29 is 9.53 Å². The summed E-state index contributed by atoms with van der Waals surface area (Å²) in [7, 11) is 0. The number of anilines is 1. The zero-order valence-electron chi connectivity index (χ0n) is 16.5. The first-order valence-electron chi connectivity index (χ1n) is 9.53. The molecule has 0 saturated carbocycles. The number of ether oxygens (including phenoxy) is 1. The lowest BCUT2D eigenvalue weighted by molar-refractivity contribution is -0.116. The van der Waals surface area contributed by atoms with Gasteiger partial charge in [-0.2, -0.15) is 0 Å². The van der Waals surface area contributed by atoms with E-state index in [2.05, 4.69) is 30.2 Å². The molecule has 0 saturated heterocycles. The Labute approximate surface area is 160 Å². The number of hydrogen-bond donors (Lipinski definition) is 1. The second kappa shape index (κ2) is 8.33. The number of fused-ring (bicyclic) bond motifs is 1. The van der Waals surface area contributed by atoms with Gasteiger partial charge in [0.2, 0.25) is 5.91 Å². The van der Waals surface area contributed by atoms with Crippen molar-refractivity contribution in [3.63, 3.8) is 0 Å². The second-order valence-electron chi connectivity index (χ2n) is 7.56. The minimum absolute atomic E-state index is 0.00488. The smallest absolute Gasteiger partial charge is 0.225 e. The van der Waals surface area contributed by atoms with Crippen LogP contribution < -0.4 is 10.1 Å². The van der Waals surface area contributed by atoms with Gasteiger partial charge in [0.05, 0.1) is 18.4 Å². The summed E-state index contributed by atoms with van der Waals surface area (Å²) in [6, 6.07) is 9.91. The first kappa shape index (κ1) is 19.1. The number of benzene rings is 1. The van der Waals surface area contributed by atoms with Gasteiger partial charge in [0.25, 0.3) is 0 Å². The third kappa shape index (κ3) is 4.94. The molecule has 0 bridgehead atoms. The van der Waals surface area contributed by atoms with E-state index in [0.29, 0.717) is 24.7 Å². The number of nitrogens with one attached hydrogen (secondary N) is 1. The molecule has 3 rings (SSSR count). The van der Waals surface area contributed by atoms with Crippen molar-refractivity contribution in [2.75, 3.05) is 5.32 Å². The average Bonchev–Trinajstić information content (AvgIpc) is 3.03. The molecule has 1 aromatic carbocycles. The molecular weight excluding hydrogens is 338 g/mol. The van der Waals surface area contributed by atoms with Crippen LogP contribution in [-0.4, -0.2) is 22.7 Å². The van der Waals surface area contributed by atoms with E-state index < -0.39 is 0 Å². The van der Waals surface area contributed by atoms with Crippen LogP contribution in [0.25, 0.3) is 0 Å². The lowest BCUT2D eigenvalue weighted by atomic mass is 10.0. The van der Waals surface area contributed by atoms with Crippen molar-refractivity contribution in [1.82, 2.24) is 4.98 Å². The summed E-state index contributed by atoms with van der Waals surface area (Å²) < 4.78 is 5.82. The van der Waals surface area contributed by atoms with Crippen LogP contribution >= 0.6 is 0 Å². The molecule has 0 fully saturated rings. The highest BCUT2D eigenvalue weighted by Gasteiger charge is 2.19. The van der Waals surface area contributed by atoms with Crippen molar-refractivity contribution in [3.05, 3.63) is 53.2 Å². The van der Waals surface area contributed by atoms with Gasteiger partial charge in [-0.25, -0.2) is 4.98 Å². The number of carbonyl (C=O) groups is 1. The van der Waals surface area contributed by atoms with Crippen molar-refractivity contribution in [3.8, 4) is 5.75 Å². The van der Waals surface area contributed by atoms with Crippen LogP contribution in [0.4, 0.5) is 5.82 Å². The first-order chi connectivity index (χ1) is 12.9. The molecule has 2 aromatic rings. The van der Waals surface area contributed by atoms with E-state index in [1.807, 2.05) is 38.1 Å². The van der Waals surface area contributed by atoms with Gasteiger partial charge in [-0.3, -0.25) is 9.79 Å². The Morgan fingerprint density at radius 1 is 1.19 bits per heavy atom. The molecule has 27 heavy (non-hydrogen) atoms. The molecular formula is C22H27N3O2. The predicted octanol–water partition coefficient (Wildman–Crippen LogP) is 4.59. The summed E-state index contributed by atoms with van der Waals surface area (Å²) in [6.45, 7) is 8.90. The van der Waals surface area contributed by atoms with Crippen LogP contribution in [-0.2, 0) is 11.3 Å². The highest BCUT2D eigenvalue weighted by atomic mass is 16.5. The van der Waals surface area contributed by atoms with Crippen LogP contribution in [0, 0.1) is 5.92 Å². The van der Waals surface area contributed by atoms with E-state index in [0.717, 1.165) is 29.0 Å². The van der Waals surface area contributed by atoms with Gasteiger partial charge < -0.3 is 10.1 Å². The molecule has 5 nitrogen and oxygen atoms in total. The average molecular weight is 365 g/mol. The summed E-state index contributed by atoms with van der Waals surface area (Å²) in [4.78, 5) is 21.1. The maximum atomic E-state index is 12.1. The van der Waals surface area contributed by atoms with E-state index in [-0.39, 0.29) is 12.0 Å². The van der Waals surface area contributed by atoms with Crippen LogP contribution in [0.15, 0.2) is 41.5 Å². The van der Waals surface area contributed by atoms with Crippen molar-refractivity contribution in [2.45, 2.75) is 53.2 Å². The molecule has 0 atom stereocenters.